The number of aliphatic carboxylic acids is 1. The molecule has 0 aliphatic carbocycles. The molecule has 0 fully saturated rings. The molecular weight excluding hydrogens is 248 g/mol. The second-order valence-electron chi connectivity index (χ2n) is 3.81. The van der Waals surface area contributed by atoms with Crippen LogP contribution in [0.2, 0.25) is 0 Å². The van der Waals surface area contributed by atoms with E-state index in [0.29, 0.717) is 12.4 Å². The first kappa shape index (κ1) is 13.0. The van der Waals surface area contributed by atoms with Crippen molar-refractivity contribution in [3.05, 3.63) is 24.3 Å². The SMILES string of the molecule is CCOc1ccc(-c2nnn(CCC(=O)O)n2)cc1. The molecule has 0 radical (unpaired) electrons. The maximum Gasteiger partial charge on any atom is 0.305 e. The fraction of sp³-hybridized carbons (Fsp3) is 0.333. The molecule has 0 amide bonds. The number of carbonyl (C=O) groups is 1. The van der Waals surface area contributed by atoms with Crippen molar-refractivity contribution < 1.29 is 14.6 Å². The number of aryl methyl sites for hydroxylation is 1. The maximum atomic E-state index is 10.4. The number of carboxylic acids is 1. The van der Waals surface area contributed by atoms with E-state index in [4.69, 9.17) is 9.84 Å². The second kappa shape index (κ2) is 5.94. The van der Waals surface area contributed by atoms with Gasteiger partial charge in [0.05, 0.1) is 19.6 Å². The van der Waals surface area contributed by atoms with E-state index < -0.39 is 5.97 Å². The number of ether oxygens (including phenoxy) is 1. The summed E-state index contributed by atoms with van der Waals surface area (Å²) >= 11 is 0. The Balaban J connectivity index is 2.07. The van der Waals surface area contributed by atoms with Crippen molar-refractivity contribution in [3.63, 3.8) is 0 Å². The molecule has 2 aromatic rings. The van der Waals surface area contributed by atoms with Crippen molar-refractivity contribution >= 4 is 5.97 Å². The summed E-state index contributed by atoms with van der Waals surface area (Å²) in [5.74, 6) is 0.359. The van der Waals surface area contributed by atoms with Gasteiger partial charge in [-0.05, 0) is 36.4 Å². The van der Waals surface area contributed by atoms with Crippen molar-refractivity contribution in [1.82, 2.24) is 20.2 Å². The van der Waals surface area contributed by atoms with Crippen molar-refractivity contribution in [2.45, 2.75) is 19.9 Å². The van der Waals surface area contributed by atoms with E-state index in [9.17, 15) is 4.79 Å². The quantitative estimate of drug-likeness (QED) is 0.841. The molecule has 0 aliphatic heterocycles. The van der Waals surface area contributed by atoms with Gasteiger partial charge in [0, 0.05) is 5.56 Å². The molecule has 1 aromatic heterocycles. The van der Waals surface area contributed by atoms with Gasteiger partial charge in [-0.15, -0.1) is 10.2 Å². The lowest BCUT2D eigenvalue weighted by Crippen LogP contribution is -2.07. The van der Waals surface area contributed by atoms with Gasteiger partial charge in [0.2, 0.25) is 5.82 Å². The Morgan fingerprint density at radius 1 is 1.37 bits per heavy atom. The van der Waals surface area contributed by atoms with Crippen molar-refractivity contribution in [3.8, 4) is 17.1 Å². The monoisotopic (exact) mass is 262 g/mol. The van der Waals surface area contributed by atoms with E-state index in [1.165, 1.54) is 4.80 Å². The molecule has 0 saturated heterocycles. The number of nitrogens with zero attached hydrogens (tertiary/aromatic N) is 4. The molecule has 0 saturated carbocycles. The molecule has 0 atom stereocenters. The van der Waals surface area contributed by atoms with Gasteiger partial charge in [-0.25, -0.2) is 0 Å². The predicted octanol–water partition coefficient (Wildman–Crippen LogP) is 1.21. The van der Waals surface area contributed by atoms with E-state index in [1.807, 2.05) is 31.2 Å². The van der Waals surface area contributed by atoms with Gasteiger partial charge in [-0.1, -0.05) is 0 Å². The first-order chi connectivity index (χ1) is 9.19. The van der Waals surface area contributed by atoms with Crippen molar-refractivity contribution in [1.29, 1.82) is 0 Å². The zero-order chi connectivity index (χ0) is 13.7. The van der Waals surface area contributed by atoms with E-state index in [2.05, 4.69) is 15.4 Å². The number of rotatable bonds is 6. The second-order valence-corrected chi connectivity index (χ2v) is 3.81. The van der Waals surface area contributed by atoms with E-state index >= 15 is 0 Å². The van der Waals surface area contributed by atoms with Gasteiger partial charge < -0.3 is 9.84 Å². The molecule has 7 nitrogen and oxygen atoms in total. The minimum absolute atomic E-state index is 0.0287. The first-order valence-corrected chi connectivity index (χ1v) is 5.92. The van der Waals surface area contributed by atoms with Crippen LogP contribution in [0.15, 0.2) is 24.3 Å². The third kappa shape index (κ3) is 3.51. The molecule has 100 valence electrons. The smallest absolute Gasteiger partial charge is 0.305 e. The molecule has 0 aliphatic rings. The number of benzene rings is 1. The Morgan fingerprint density at radius 3 is 2.74 bits per heavy atom. The Labute approximate surface area is 109 Å². The highest BCUT2D eigenvalue weighted by Gasteiger charge is 2.07. The minimum atomic E-state index is -0.889. The van der Waals surface area contributed by atoms with Crippen LogP contribution in [-0.2, 0) is 11.3 Å². The van der Waals surface area contributed by atoms with Crippen LogP contribution in [0.4, 0.5) is 0 Å². The number of hydrogen-bond acceptors (Lipinski definition) is 5. The molecule has 19 heavy (non-hydrogen) atoms. The summed E-state index contributed by atoms with van der Waals surface area (Å²) in [6, 6.07) is 7.33. The van der Waals surface area contributed by atoms with Gasteiger partial charge in [-0.3, -0.25) is 4.79 Å². The highest BCUT2D eigenvalue weighted by molar-refractivity contribution is 5.66. The summed E-state index contributed by atoms with van der Waals surface area (Å²) in [5, 5.41) is 20.4. The number of tetrazole rings is 1. The molecule has 2 rings (SSSR count). The van der Waals surface area contributed by atoms with Gasteiger partial charge in [-0.2, -0.15) is 4.80 Å². The lowest BCUT2D eigenvalue weighted by Gasteiger charge is -2.02. The predicted molar refractivity (Wildman–Crippen MR) is 66.7 cm³/mol. The van der Waals surface area contributed by atoms with Crippen LogP contribution in [0.5, 0.6) is 5.75 Å². The van der Waals surface area contributed by atoms with E-state index in [0.717, 1.165) is 11.3 Å². The van der Waals surface area contributed by atoms with Crippen LogP contribution in [-0.4, -0.2) is 37.9 Å². The fourth-order valence-electron chi connectivity index (χ4n) is 1.52. The molecule has 1 N–H and O–H groups in total. The Morgan fingerprint density at radius 2 is 2.11 bits per heavy atom. The van der Waals surface area contributed by atoms with Gasteiger partial charge in [0.15, 0.2) is 0 Å². The van der Waals surface area contributed by atoms with Crippen molar-refractivity contribution in [2.75, 3.05) is 6.61 Å². The molecule has 7 heteroatoms. The van der Waals surface area contributed by atoms with Crippen LogP contribution < -0.4 is 4.74 Å². The zero-order valence-corrected chi connectivity index (χ0v) is 10.5. The third-order valence-corrected chi connectivity index (χ3v) is 2.40. The minimum Gasteiger partial charge on any atom is -0.494 e. The molecule has 1 aromatic carbocycles. The Hall–Kier alpha value is -2.44. The Kier molecular flexibility index (Phi) is 4.07. The highest BCUT2D eigenvalue weighted by atomic mass is 16.5. The molecule has 0 bridgehead atoms. The summed E-state index contributed by atoms with van der Waals surface area (Å²) < 4.78 is 5.34. The molecule has 0 unspecified atom stereocenters. The first-order valence-electron chi connectivity index (χ1n) is 5.92. The van der Waals surface area contributed by atoms with Gasteiger partial charge in [0.25, 0.3) is 0 Å². The molecule has 0 spiro atoms. The maximum absolute atomic E-state index is 10.4. The molecule has 1 heterocycles. The van der Waals surface area contributed by atoms with Crippen LogP contribution in [0.1, 0.15) is 13.3 Å². The largest absolute Gasteiger partial charge is 0.494 e. The number of carboxylic acid groups (broad SMARTS) is 1. The fourth-order valence-corrected chi connectivity index (χ4v) is 1.52. The summed E-state index contributed by atoms with van der Waals surface area (Å²) in [4.78, 5) is 11.7. The van der Waals surface area contributed by atoms with E-state index in [1.54, 1.807) is 0 Å². The Bertz CT molecular complexity index is 550. The summed E-state index contributed by atoms with van der Waals surface area (Å²) in [6.45, 7) is 2.74. The third-order valence-electron chi connectivity index (χ3n) is 2.40. The number of aromatic nitrogens is 4. The summed E-state index contributed by atoms with van der Waals surface area (Å²) in [5.41, 5.74) is 0.810. The normalized spacial score (nSPS) is 10.4. The van der Waals surface area contributed by atoms with Gasteiger partial charge >= 0.3 is 5.97 Å². The lowest BCUT2D eigenvalue weighted by atomic mass is 10.2. The van der Waals surface area contributed by atoms with Crippen LogP contribution in [0.3, 0.4) is 0 Å². The average Bonchev–Trinajstić information content (AvgIpc) is 2.86. The summed E-state index contributed by atoms with van der Waals surface area (Å²) in [6.07, 6.45) is -0.0287. The standard InChI is InChI=1S/C12H14N4O3/c1-2-19-10-5-3-9(4-6-10)12-13-15-16(14-12)8-7-11(17)18/h3-6H,2,7-8H2,1H3,(H,17,18). The topological polar surface area (TPSA) is 90.1 Å². The molecular formula is C12H14N4O3. The van der Waals surface area contributed by atoms with Crippen molar-refractivity contribution in [2.24, 2.45) is 0 Å². The lowest BCUT2D eigenvalue weighted by molar-refractivity contribution is -0.137. The average molecular weight is 262 g/mol. The number of hydrogen-bond donors (Lipinski definition) is 1. The highest BCUT2D eigenvalue weighted by Crippen LogP contribution is 2.18. The van der Waals surface area contributed by atoms with Crippen LogP contribution in [0.25, 0.3) is 11.4 Å². The van der Waals surface area contributed by atoms with Crippen LogP contribution >= 0.6 is 0 Å². The van der Waals surface area contributed by atoms with E-state index in [-0.39, 0.29) is 13.0 Å². The van der Waals surface area contributed by atoms with Crippen LogP contribution in [0, 0.1) is 0 Å². The summed E-state index contributed by atoms with van der Waals surface area (Å²) in [7, 11) is 0. The zero-order valence-electron chi connectivity index (χ0n) is 10.5. The van der Waals surface area contributed by atoms with Gasteiger partial charge in [0.1, 0.15) is 5.75 Å².